The molecule has 2 heterocycles. The molecule has 5 heteroatoms. The van der Waals surface area contributed by atoms with Gasteiger partial charge < -0.3 is 15.5 Å². The lowest BCUT2D eigenvalue weighted by Crippen LogP contribution is -2.58. The van der Waals surface area contributed by atoms with Crippen molar-refractivity contribution >= 4 is 17.7 Å². The fourth-order valence-electron chi connectivity index (χ4n) is 1.86. The van der Waals surface area contributed by atoms with E-state index in [0.717, 1.165) is 25.4 Å². The topological polar surface area (TPSA) is 44.4 Å². The summed E-state index contributed by atoms with van der Waals surface area (Å²) in [6, 6.07) is 0.806. The van der Waals surface area contributed by atoms with Gasteiger partial charge in [-0.25, -0.2) is 0 Å². The molecule has 2 aliphatic heterocycles. The zero-order valence-electron chi connectivity index (χ0n) is 9.16. The van der Waals surface area contributed by atoms with Gasteiger partial charge >= 0.3 is 0 Å². The first-order valence-electron chi connectivity index (χ1n) is 5.55. The number of hydrogen-bond donors (Lipinski definition) is 2. The van der Waals surface area contributed by atoms with Crippen LogP contribution in [0.25, 0.3) is 0 Å². The van der Waals surface area contributed by atoms with E-state index in [1.807, 2.05) is 23.7 Å². The van der Waals surface area contributed by atoms with Crippen molar-refractivity contribution in [3.63, 3.8) is 0 Å². The number of carbonyl (C=O) groups is 1. The third-order valence-corrected chi connectivity index (χ3v) is 4.25. The van der Waals surface area contributed by atoms with Crippen LogP contribution in [0.15, 0.2) is 0 Å². The molecule has 0 bridgehead atoms. The molecule has 0 saturated carbocycles. The lowest BCUT2D eigenvalue weighted by molar-refractivity contribution is -0.133. The van der Waals surface area contributed by atoms with Crippen LogP contribution in [0, 0.1) is 0 Å². The highest BCUT2D eigenvalue weighted by molar-refractivity contribution is 7.99. The normalized spacial score (nSPS) is 27.1. The highest BCUT2D eigenvalue weighted by atomic mass is 32.2. The van der Waals surface area contributed by atoms with Crippen molar-refractivity contribution in [2.75, 3.05) is 38.2 Å². The van der Waals surface area contributed by atoms with Gasteiger partial charge in [0.1, 0.15) is 0 Å². The molecule has 0 spiro atoms. The molecule has 15 heavy (non-hydrogen) atoms. The quantitative estimate of drug-likeness (QED) is 0.685. The second kappa shape index (κ2) is 5.18. The monoisotopic (exact) mass is 229 g/mol. The molecular weight excluding hydrogens is 210 g/mol. The zero-order chi connectivity index (χ0) is 10.7. The van der Waals surface area contributed by atoms with Gasteiger partial charge in [0.15, 0.2) is 0 Å². The Bertz CT molecular complexity index is 227. The Morgan fingerprint density at radius 1 is 1.53 bits per heavy atom. The molecule has 4 nitrogen and oxygen atoms in total. The Labute approximate surface area is 95.2 Å². The number of carbonyl (C=O) groups excluding carboxylic acids is 1. The highest BCUT2D eigenvalue weighted by Gasteiger charge is 2.27. The van der Waals surface area contributed by atoms with Crippen molar-refractivity contribution in [1.29, 1.82) is 0 Å². The number of rotatable bonds is 3. The number of thioether (sulfide) groups is 1. The number of hydrogen-bond acceptors (Lipinski definition) is 4. The molecule has 1 atom stereocenters. The minimum atomic E-state index is 0.279. The van der Waals surface area contributed by atoms with Crippen molar-refractivity contribution in [2.24, 2.45) is 0 Å². The van der Waals surface area contributed by atoms with Gasteiger partial charge in [0, 0.05) is 50.7 Å². The van der Waals surface area contributed by atoms with Crippen molar-refractivity contribution in [2.45, 2.75) is 18.5 Å². The molecule has 2 fully saturated rings. The van der Waals surface area contributed by atoms with Crippen LogP contribution in [-0.2, 0) is 4.79 Å². The minimum Gasteiger partial charge on any atom is -0.340 e. The molecule has 2 rings (SSSR count). The number of amides is 1. The number of nitrogens with zero attached hydrogens (tertiary/aromatic N) is 1. The molecule has 1 unspecified atom stereocenters. The van der Waals surface area contributed by atoms with Gasteiger partial charge in [0.05, 0.1) is 6.04 Å². The first-order chi connectivity index (χ1) is 7.27. The molecule has 0 aromatic rings. The standard InChI is InChI=1S/C10H19N3OS/c1-13(9-5-11-6-9)10(14)4-8-7-15-3-2-12-8/h8-9,11-12H,2-7H2,1H3. The molecule has 1 amide bonds. The third kappa shape index (κ3) is 2.86. The second-order valence-corrected chi connectivity index (χ2v) is 5.40. The van der Waals surface area contributed by atoms with Crippen LogP contribution in [0.3, 0.4) is 0 Å². The maximum absolute atomic E-state index is 11.9. The van der Waals surface area contributed by atoms with Gasteiger partial charge in [-0.2, -0.15) is 11.8 Å². The summed E-state index contributed by atoms with van der Waals surface area (Å²) in [7, 11) is 1.92. The van der Waals surface area contributed by atoms with Crippen molar-refractivity contribution < 1.29 is 4.79 Å². The van der Waals surface area contributed by atoms with Gasteiger partial charge in [-0.05, 0) is 0 Å². The van der Waals surface area contributed by atoms with Crippen molar-refractivity contribution in [3.05, 3.63) is 0 Å². The Morgan fingerprint density at radius 2 is 2.33 bits per heavy atom. The van der Waals surface area contributed by atoms with E-state index in [9.17, 15) is 4.79 Å². The first-order valence-corrected chi connectivity index (χ1v) is 6.70. The van der Waals surface area contributed by atoms with Gasteiger partial charge in [-0.15, -0.1) is 0 Å². The summed E-state index contributed by atoms with van der Waals surface area (Å²) in [5.41, 5.74) is 0. The van der Waals surface area contributed by atoms with E-state index in [2.05, 4.69) is 10.6 Å². The van der Waals surface area contributed by atoms with Crippen LogP contribution in [0.4, 0.5) is 0 Å². The van der Waals surface area contributed by atoms with Gasteiger partial charge in [-0.3, -0.25) is 4.79 Å². The molecule has 0 aromatic heterocycles. The summed E-state index contributed by atoms with van der Waals surface area (Å²) < 4.78 is 0. The average Bonchev–Trinajstić information content (AvgIpc) is 2.16. The van der Waals surface area contributed by atoms with Crippen LogP contribution in [-0.4, -0.2) is 61.1 Å². The maximum atomic E-state index is 11.9. The summed E-state index contributed by atoms with van der Waals surface area (Å²) in [6.07, 6.45) is 0.653. The molecule has 2 aliphatic rings. The minimum absolute atomic E-state index is 0.279. The molecule has 86 valence electrons. The molecule has 0 aliphatic carbocycles. The van der Waals surface area contributed by atoms with Crippen LogP contribution in [0.2, 0.25) is 0 Å². The van der Waals surface area contributed by atoms with Crippen molar-refractivity contribution in [1.82, 2.24) is 15.5 Å². The van der Waals surface area contributed by atoms with E-state index in [0.29, 0.717) is 18.5 Å². The van der Waals surface area contributed by atoms with E-state index >= 15 is 0 Å². The number of likely N-dealkylation sites (N-methyl/N-ethyl adjacent to an activating group) is 1. The highest BCUT2D eigenvalue weighted by Crippen LogP contribution is 2.12. The Kier molecular flexibility index (Phi) is 3.88. The summed E-state index contributed by atoms with van der Waals surface area (Å²) >= 11 is 1.94. The Morgan fingerprint density at radius 3 is 2.87 bits per heavy atom. The third-order valence-electron chi connectivity index (χ3n) is 3.12. The van der Waals surface area contributed by atoms with Gasteiger partial charge in [0.2, 0.25) is 5.91 Å². The lowest BCUT2D eigenvalue weighted by Gasteiger charge is -2.36. The van der Waals surface area contributed by atoms with Crippen LogP contribution in [0.1, 0.15) is 6.42 Å². The molecule has 0 radical (unpaired) electrons. The molecule has 2 saturated heterocycles. The SMILES string of the molecule is CN(C(=O)CC1CSCCN1)C1CNC1. The van der Waals surface area contributed by atoms with Crippen LogP contribution < -0.4 is 10.6 Å². The molecular formula is C10H19N3OS. The second-order valence-electron chi connectivity index (χ2n) is 4.25. The van der Waals surface area contributed by atoms with Crippen molar-refractivity contribution in [3.8, 4) is 0 Å². The Hall–Kier alpha value is -0.260. The fraction of sp³-hybridized carbons (Fsp3) is 0.900. The lowest BCUT2D eigenvalue weighted by atomic mass is 10.1. The van der Waals surface area contributed by atoms with E-state index in [1.165, 1.54) is 5.75 Å². The predicted octanol–water partition coefficient (Wildman–Crippen LogP) is -0.488. The predicted molar refractivity (Wildman–Crippen MR) is 63.2 cm³/mol. The largest absolute Gasteiger partial charge is 0.340 e. The zero-order valence-corrected chi connectivity index (χ0v) is 9.98. The van der Waals surface area contributed by atoms with Gasteiger partial charge in [0.25, 0.3) is 0 Å². The smallest absolute Gasteiger partial charge is 0.224 e. The fourth-order valence-corrected chi connectivity index (χ4v) is 2.81. The Balaban J connectivity index is 1.74. The summed E-state index contributed by atoms with van der Waals surface area (Å²) in [5, 5.41) is 6.58. The molecule has 2 N–H and O–H groups in total. The average molecular weight is 229 g/mol. The van der Waals surface area contributed by atoms with Crippen LogP contribution in [0.5, 0.6) is 0 Å². The van der Waals surface area contributed by atoms with Gasteiger partial charge in [-0.1, -0.05) is 0 Å². The maximum Gasteiger partial charge on any atom is 0.224 e. The first kappa shape index (κ1) is 11.2. The summed E-state index contributed by atoms with van der Waals surface area (Å²) in [4.78, 5) is 13.8. The van der Waals surface area contributed by atoms with E-state index < -0.39 is 0 Å². The summed E-state index contributed by atoms with van der Waals surface area (Å²) in [6.45, 7) is 2.95. The summed E-state index contributed by atoms with van der Waals surface area (Å²) in [5.74, 6) is 2.52. The van der Waals surface area contributed by atoms with Crippen LogP contribution >= 0.6 is 11.8 Å². The molecule has 0 aromatic carbocycles. The van der Waals surface area contributed by atoms with E-state index in [-0.39, 0.29) is 5.91 Å². The van der Waals surface area contributed by atoms with E-state index in [1.54, 1.807) is 0 Å². The van der Waals surface area contributed by atoms with E-state index in [4.69, 9.17) is 0 Å². The number of nitrogens with one attached hydrogen (secondary N) is 2.